The highest BCUT2D eigenvalue weighted by molar-refractivity contribution is 6.40. The van der Waals surface area contributed by atoms with E-state index in [1.807, 2.05) is 0 Å². The molecular formula is C40H42F6N8O4. The third-order valence-electron chi connectivity index (χ3n) is 10.2. The van der Waals surface area contributed by atoms with Gasteiger partial charge in [-0.1, -0.05) is 38.1 Å². The number of likely N-dealkylation sites (tertiary alicyclic amines) is 2. The Balaban J connectivity index is 0.000000221. The van der Waals surface area contributed by atoms with Crippen molar-refractivity contribution in [2.45, 2.75) is 64.5 Å². The van der Waals surface area contributed by atoms with Crippen LogP contribution < -0.4 is 22.1 Å². The van der Waals surface area contributed by atoms with E-state index >= 15 is 0 Å². The molecule has 2 saturated heterocycles. The Labute approximate surface area is 330 Å². The van der Waals surface area contributed by atoms with Gasteiger partial charge >= 0.3 is 23.6 Å². The van der Waals surface area contributed by atoms with Gasteiger partial charge in [-0.25, -0.2) is 36.3 Å². The van der Waals surface area contributed by atoms with Crippen LogP contribution in [0, 0.1) is 37.3 Å². The maximum absolute atomic E-state index is 14.3. The number of nitrogens with two attached hydrogens (primary N) is 2. The highest BCUT2D eigenvalue weighted by Gasteiger charge is 2.50. The van der Waals surface area contributed by atoms with E-state index < -0.39 is 83.9 Å². The van der Waals surface area contributed by atoms with Crippen LogP contribution in [0.15, 0.2) is 73.1 Å². The molecule has 18 heteroatoms. The number of pyridine rings is 2. The van der Waals surface area contributed by atoms with Gasteiger partial charge in [-0.2, -0.15) is 0 Å². The summed E-state index contributed by atoms with van der Waals surface area (Å²) >= 11 is 0. The molecule has 308 valence electrons. The van der Waals surface area contributed by atoms with Crippen LogP contribution >= 0.6 is 0 Å². The summed E-state index contributed by atoms with van der Waals surface area (Å²) in [6.07, 6.45) is 1.30. The number of carbonyl (C=O) groups excluding carboxylic acids is 4. The average molecular weight is 813 g/mol. The fourth-order valence-corrected chi connectivity index (χ4v) is 6.60. The first-order valence-electron chi connectivity index (χ1n) is 18.1. The summed E-state index contributed by atoms with van der Waals surface area (Å²) in [5.74, 6) is -12.6. The fourth-order valence-electron chi connectivity index (χ4n) is 6.60. The Bertz CT molecular complexity index is 2020. The largest absolute Gasteiger partial charge is 0.383 e. The number of aryl methyl sites for hydroxylation is 2. The second-order valence-electron chi connectivity index (χ2n) is 14.5. The number of halogens is 6. The molecule has 6 rings (SSSR count). The number of carbonyl (C=O) groups is 4. The number of nitrogens with zero attached hydrogens (tertiary/aromatic N) is 4. The lowest BCUT2D eigenvalue weighted by atomic mass is 9.86. The van der Waals surface area contributed by atoms with Crippen molar-refractivity contribution < 1.29 is 45.5 Å². The highest BCUT2D eigenvalue weighted by Crippen LogP contribution is 2.44. The van der Waals surface area contributed by atoms with Crippen LogP contribution in [0.1, 0.15) is 61.0 Å². The number of nitrogens with one attached hydrogen (secondary N) is 2. The van der Waals surface area contributed by atoms with Crippen LogP contribution in [0.5, 0.6) is 0 Å². The van der Waals surface area contributed by atoms with Crippen molar-refractivity contribution >= 4 is 46.6 Å². The summed E-state index contributed by atoms with van der Waals surface area (Å²) < 4.78 is 83.9. The molecular weight excluding hydrogens is 770 g/mol. The molecule has 4 atom stereocenters. The Morgan fingerprint density at radius 3 is 1.28 bits per heavy atom. The zero-order chi connectivity index (χ0) is 42.7. The van der Waals surface area contributed by atoms with Gasteiger partial charge in [0.25, 0.3) is 11.8 Å². The molecule has 0 spiro atoms. The van der Waals surface area contributed by atoms with Crippen molar-refractivity contribution in [3.8, 4) is 0 Å². The Kier molecular flexibility index (Phi) is 12.7. The number of hydrogen-bond acceptors (Lipinski definition) is 8. The predicted molar refractivity (Wildman–Crippen MR) is 203 cm³/mol. The molecule has 6 N–H and O–H groups in total. The Morgan fingerprint density at radius 2 is 0.966 bits per heavy atom. The molecule has 0 radical (unpaired) electrons. The van der Waals surface area contributed by atoms with Gasteiger partial charge < -0.3 is 31.9 Å². The van der Waals surface area contributed by atoms with Crippen LogP contribution in [-0.4, -0.2) is 68.3 Å². The maximum atomic E-state index is 14.3. The van der Waals surface area contributed by atoms with Gasteiger partial charge in [0.15, 0.2) is 0 Å². The van der Waals surface area contributed by atoms with Crippen molar-refractivity contribution in [1.29, 1.82) is 0 Å². The number of aromatic nitrogens is 2. The molecule has 0 aliphatic carbocycles. The Hall–Kier alpha value is -6.20. The van der Waals surface area contributed by atoms with Gasteiger partial charge in [0.05, 0.1) is 35.9 Å². The van der Waals surface area contributed by atoms with E-state index in [1.165, 1.54) is 50.5 Å². The molecule has 0 bridgehead atoms. The minimum Gasteiger partial charge on any atom is -0.383 e. The summed E-state index contributed by atoms with van der Waals surface area (Å²) in [5, 5.41) is 4.86. The summed E-state index contributed by atoms with van der Waals surface area (Å²) in [7, 11) is 0. The topological polar surface area (TPSA) is 177 Å². The molecule has 2 aromatic heterocycles. The molecule has 58 heavy (non-hydrogen) atoms. The lowest BCUT2D eigenvalue weighted by Gasteiger charge is -2.42. The minimum absolute atomic E-state index is 0.267. The molecule has 0 unspecified atom stereocenters. The molecule has 4 heterocycles. The van der Waals surface area contributed by atoms with E-state index in [2.05, 4.69) is 20.6 Å². The van der Waals surface area contributed by atoms with Gasteiger partial charge in [0.1, 0.15) is 23.3 Å². The third-order valence-corrected chi connectivity index (χ3v) is 10.2. The van der Waals surface area contributed by atoms with Crippen LogP contribution in [0.3, 0.4) is 0 Å². The number of piperidine rings is 2. The smallest absolute Gasteiger partial charge is 0.313 e. The van der Waals surface area contributed by atoms with Crippen LogP contribution in [-0.2, 0) is 19.2 Å². The van der Waals surface area contributed by atoms with Gasteiger partial charge in [0.2, 0.25) is 0 Å². The number of anilines is 4. The van der Waals surface area contributed by atoms with E-state index in [0.29, 0.717) is 22.3 Å². The van der Waals surface area contributed by atoms with Gasteiger partial charge in [-0.15, -0.1) is 0 Å². The zero-order valence-corrected chi connectivity index (χ0v) is 31.9. The molecule has 0 saturated carbocycles. The molecule has 2 fully saturated rings. The van der Waals surface area contributed by atoms with Crippen LogP contribution in [0.2, 0.25) is 0 Å². The lowest BCUT2D eigenvalue weighted by Crippen LogP contribution is -2.52. The number of amides is 4. The van der Waals surface area contributed by atoms with Gasteiger partial charge in [-0.05, 0) is 72.5 Å². The van der Waals surface area contributed by atoms with Crippen molar-refractivity contribution in [3.05, 3.63) is 107 Å². The normalized spacial score (nSPS) is 20.9. The minimum atomic E-state index is -3.02. The van der Waals surface area contributed by atoms with Crippen molar-refractivity contribution in [2.24, 2.45) is 11.8 Å². The Morgan fingerprint density at radius 1 is 0.638 bits per heavy atom. The SMILES string of the molecule is Cc1cc(NC(=O)C(=O)N2C[C@@H](C)C(F)(F)C[C@@H]2c2ccc(F)cc2)cnc1N.Cc1cc(NC(=O)C(=O)N2C[C@H](C)C(F)(F)C[C@H]2c2ccc(F)cc2)cnc1N. The van der Waals surface area contributed by atoms with E-state index in [9.17, 15) is 45.5 Å². The molecule has 12 nitrogen and oxygen atoms in total. The average Bonchev–Trinajstić information content (AvgIpc) is 3.16. The standard InChI is InChI=1S/2C20H21F3N4O2/c2*1-11-7-15(9-25-17(11)24)26-18(28)19(29)27-10-12(2)20(22,23)8-16(27)13-3-5-14(21)6-4-13/h2*3-7,9,12,16H,8,10H2,1-2H3,(H2,24,25)(H,26,28)/t2*12-,16-/m10/s1. The number of benzene rings is 2. The second kappa shape index (κ2) is 17.1. The van der Waals surface area contributed by atoms with Crippen molar-refractivity contribution in [2.75, 3.05) is 35.2 Å². The number of hydrogen-bond donors (Lipinski definition) is 4. The summed E-state index contributed by atoms with van der Waals surface area (Å²) in [6, 6.07) is 10.9. The van der Waals surface area contributed by atoms with Crippen molar-refractivity contribution in [1.82, 2.24) is 19.8 Å². The first-order valence-corrected chi connectivity index (χ1v) is 18.1. The summed E-state index contributed by atoms with van der Waals surface area (Å²) in [4.78, 5) is 60.7. The molecule has 2 aromatic carbocycles. The molecule has 4 aromatic rings. The van der Waals surface area contributed by atoms with Crippen molar-refractivity contribution in [3.63, 3.8) is 0 Å². The van der Waals surface area contributed by atoms with E-state index in [1.54, 1.807) is 26.0 Å². The predicted octanol–water partition coefficient (Wildman–Crippen LogP) is 6.59. The second-order valence-corrected chi connectivity index (χ2v) is 14.5. The molecule has 2 aliphatic rings. The number of alkyl halides is 4. The quantitative estimate of drug-likeness (QED) is 0.132. The van der Waals surface area contributed by atoms with Crippen LogP contribution in [0.25, 0.3) is 0 Å². The zero-order valence-electron chi connectivity index (χ0n) is 31.9. The number of nitrogen functional groups attached to an aromatic ring is 2. The first kappa shape index (κ1) is 42.9. The highest BCUT2D eigenvalue weighted by atomic mass is 19.3. The van der Waals surface area contributed by atoms with Crippen LogP contribution in [0.4, 0.5) is 49.4 Å². The lowest BCUT2D eigenvalue weighted by molar-refractivity contribution is -0.159. The summed E-state index contributed by atoms with van der Waals surface area (Å²) in [5.41, 5.74) is 13.7. The summed E-state index contributed by atoms with van der Waals surface area (Å²) in [6.45, 7) is 5.43. The van der Waals surface area contributed by atoms with Gasteiger partial charge in [-0.3, -0.25) is 19.2 Å². The molecule has 4 amide bonds. The molecule has 2 aliphatic heterocycles. The van der Waals surface area contributed by atoms with E-state index in [0.717, 1.165) is 34.1 Å². The van der Waals surface area contributed by atoms with Gasteiger partial charge in [0, 0.05) is 37.8 Å². The third kappa shape index (κ3) is 9.84. The monoisotopic (exact) mass is 812 g/mol. The van der Waals surface area contributed by atoms with E-state index in [-0.39, 0.29) is 36.1 Å². The van der Waals surface area contributed by atoms with E-state index in [4.69, 9.17) is 11.5 Å². The fraction of sp³-hybridized carbons (Fsp3) is 0.350. The first-order chi connectivity index (χ1) is 27.2. The maximum Gasteiger partial charge on any atom is 0.313 e. The number of rotatable bonds is 4.